The van der Waals surface area contributed by atoms with E-state index in [0.29, 0.717) is 0 Å². The number of nitrogens with one attached hydrogen (secondary N) is 1. The molecule has 1 aromatic carbocycles. The van der Waals surface area contributed by atoms with Crippen molar-refractivity contribution >= 4 is 17.2 Å². The monoisotopic (exact) mass is 223 g/mol. The van der Waals surface area contributed by atoms with E-state index < -0.39 is 0 Å². The summed E-state index contributed by atoms with van der Waals surface area (Å²) in [6, 6.07) is 10.4. The molecule has 3 rings (SSSR count). The van der Waals surface area contributed by atoms with Crippen LogP contribution in [0, 0.1) is 6.92 Å². The van der Waals surface area contributed by atoms with Gasteiger partial charge >= 0.3 is 0 Å². The van der Waals surface area contributed by atoms with Crippen molar-refractivity contribution in [1.29, 1.82) is 0 Å². The van der Waals surface area contributed by atoms with Crippen molar-refractivity contribution in [3.8, 4) is 0 Å². The second kappa shape index (κ2) is 3.63. The van der Waals surface area contributed by atoms with Crippen molar-refractivity contribution in [2.24, 2.45) is 0 Å². The molecule has 2 heterocycles. The molecule has 0 unspecified atom stereocenters. The van der Waals surface area contributed by atoms with Crippen LogP contribution in [0.5, 0.6) is 0 Å². The quantitative estimate of drug-likeness (QED) is 0.805. The van der Waals surface area contributed by atoms with Gasteiger partial charge in [-0.25, -0.2) is 4.68 Å². The highest BCUT2D eigenvalue weighted by Crippen LogP contribution is 2.27. The van der Waals surface area contributed by atoms with Gasteiger partial charge in [-0.3, -0.25) is 0 Å². The van der Waals surface area contributed by atoms with Crippen LogP contribution in [0.1, 0.15) is 11.1 Å². The van der Waals surface area contributed by atoms with E-state index in [1.165, 1.54) is 5.56 Å². The van der Waals surface area contributed by atoms with Crippen LogP contribution in [0.15, 0.2) is 49.2 Å². The van der Waals surface area contributed by atoms with Crippen LogP contribution < -0.4 is 5.32 Å². The van der Waals surface area contributed by atoms with E-state index in [1.54, 1.807) is 10.9 Å². The molecule has 1 aromatic heterocycles. The molecule has 0 radical (unpaired) electrons. The van der Waals surface area contributed by atoms with Gasteiger partial charge in [-0.15, -0.1) is 0 Å². The maximum Gasteiger partial charge on any atom is 0.134 e. The van der Waals surface area contributed by atoms with Crippen molar-refractivity contribution in [3.05, 3.63) is 60.3 Å². The van der Waals surface area contributed by atoms with E-state index in [-0.39, 0.29) is 0 Å². The molecule has 3 nitrogen and oxygen atoms in total. The van der Waals surface area contributed by atoms with Crippen LogP contribution in [0.4, 0.5) is 5.82 Å². The van der Waals surface area contributed by atoms with Crippen molar-refractivity contribution < 1.29 is 0 Å². The van der Waals surface area contributed by atoms with E-state index in [4.69, 9.17) is 0 Å². The SMILES string of the molecule is C=C1C=C(c2ccc(C)cc2)Nc2ccnn21. The first-order chi connectivity index (χ1) is 8.24. The summed E-state index contributed by atoms with van der Waals surface area (Å²) in [5, 5.41) is 7.53. The molecule has 1 aliphatic heterocycles. The normalized spacial score (nSPS) is 13.9. The smallest absolute Gasteiger partial charge is 0.134 e. The summed E-state index contributed by atoms with van der Waals surface area (Å²) in [5.74, 6) is 0.952. The molecule has 0 amide bonds. The molecule has 0 saturated heterocycles. The number of anilines is 1. The number of rotatable bonds is 1. The Morgan fingerprint density at radius 3 is 2.71 bits per heavy atom. The molecule has 0 bridgehead atoms. The van der Waals surface area contributed by atoms with Gasteiger partial charge < -0.3 is 5.32 Å². The summed E-state index contributed by atoms with van der Waals surface area (Å²) in [7, 11) is 0. The first-order valence-corrected chi connectivity index (χ1v) is 5.53. The maximum atomic E-state index is 4.19. The lowest BCUT2D eigenvalue weighted by Crippen LogP contribution is -2.11. The zero-order valence-electron chi connectivity index (χ0n) is 9.64. The lowest BCUT2D eigenvalue weighted by atomic mass is 10.1. The third kappa shape index (κ3) is 1.65. The third-order valence-corrected chi connectivity index (χ3v) is 2.85. The predicted molar refractivity (Wildman–Crippen MR) is 70.3 cm³/mol. The van der Waals surface area contributed by atoms with Gasteiger partial charge in [0.15, 0.2) is 0 Å². The minimum absolute atomic E-state index is 0.874. The number of allylic oxidation sites excluding steroid dienone is 2. The fourth-order valence-corrected chi connectivity index (χ4v) is 1.92. The molecular weight excluding hydrogens is 210 g/mol. The van der Waals surface area contributed by atoms with Crippen LogP contribution in [-0.2, 0) is 0 Å². The standard InChI is InChI=1S/C14H13N3/c1-10-3-5-12(6-4-10)13-9-11(2)17-14(16-13)7-8-15-17/h3-9,16H,2H2,1H3. The van der Waals surface area contributed by atoms with Gasteiger partial charge in [0.05, 0.1) is 11.9 Å². The van der Waals surface area contributed by atoms with E-state index >= 15 is 0 Å². The van der Waals surface area contributed by atoms with E-state index in [2.05, 4.69) is 48.2 Å². The zero-order chi connectivity index (χ0) is 11.8. The van der Waals surface area contributed by atoms with Gasteiger partial charge in [-0.2, -0.15) is 5.10 Å². The third-order valence-electron chi connectivity index (χ3n) is 2.85. The lowest BCUT2D eigenvalue weighted by Gasteiger charge is -2.19. The number of aryl methyl sites for hydroxylation is 1. The predicted octanol–water partition coefficient (Wildman–Crippen LogP) is 3.13. The van der Waals surface area contributed by atoms with Crippen LogP contribution in [0.3, 0.4) is 0 Å². The van der Waals surface area contributed by atoms with Gasteiger partial charge in [0.1, 0.15) is 5.82 Å². The molecule has 84 valence electrons. The molecule has 0 atom stereocenters. The second-order valence-corrected chi connectivity index (χ2v) is 4.17. The highest BCUT2D eigenvalue weighted by atomic mass is 15.3. The first-order valence-electron chi connectivity index (χ1n) is 5.53. The molecule has 0 saturated carbocycles. The summed E-state index contributed by atoms with van der Waals surface area (Å²) in [5.41, 5.74) is 4.35. The molecule has 0 aliphatic carbocycles. The lowest BCUT2D eigenvalue weighted by molar-refractivity contribution is 0.913. The van der Waals surface area contributed by atoms with Crippen LogP contribution >= 0.6 is 0 Å². The fraction of sp³-hybridized carbons (Fsp3) is 0.0714. The largest absolute Gasteiger partial charge is 0.340 e. The molecule has 0 fully saturated rings. The van der Waals surface area contributed by atoms with Gasteiger partial charge in [0, 0.05) is 11.8 Å². The van der Waals surface area contributed by atoms with Crippen molar-refractivity contribution in [1.82, 2.24) is 9.78 Å². The molecule has 17 heavy (non-hydrogen) atoms. The average molecular weight is 223 g/mol. The summed E-state index contributed by atoms with van der Waals surface area (Å²) in [6.45, 7) is 6.09. The number of hydrogen-bond donors (Lipinski definition) is 1. The molecule has 0 spiro atoms. The van der Waals surface area contributed by atoms with E-state index in [9.17, 15) is 0 Å². The highest BCUT2D eigenvalue weighted by molar-refractivity contribution is 5.86. The highest BCUT2D eigenvalue weighted by Gasteiger charge is 2.13. The van der Waals surface area contributed by atoms with Gasteiger partial charge in [0.2, 0.25) is 0 Å². The summed E-state index contributed by atoms with van der Waals surface area (Å²) in [6.07, 6.45) is 3.77. The topological polar surface area (TPSA) is 29.9 Å². The Kier molecular flexibility index (Phi) is 2.11. The Labute approximate surface area is 100 Å². The van der Waals surface area contributed by atoms with Gasteiger partial charge in [-0.05, 0) is 18.6 Å². The van der Waals surface area contributed by atoms with Crippen molar-refractivity contribution in [2.75, 3.05) is 5.32 Å². The van der Waals surface area contributed by atoms with Crippen LogP contribution in [-0.4, -0.2) is 9.78 Å². The summed E-state index contributed by atoms with van der Waals surface area (Å²) < 4.78 is 1.79. The molecular formula is C14H13N3. The Morgan fingerprint density at radius 2 is 1.94 bits per heavy atom. The Balaban J connectivity index is 2.01. The number of aromatic nitrogens is 2. The molecule has 1 aliphatic rings. The summed E-state index contributed by atoms with van der Waals surface area (Å²) >= 11 is 0. The Bertz CT molecular complexity index is 603. The minimum atomic E-state index is 0.874. The van der Waals surface area contributed by atoms with Crippen LogP contribution in [0.2, 0.25) is 0 Å². The minimum Gasteiger partial charge on any atom is -0.340 e. The zero-order valence-corrected chi connectivity index (χ0v) is 9.64. The van der Waals surface area contributed by atoms with E-state index in [0.717, 1.165) is 22.8 Å². The molecule has 3 heteroatoms. The van der Waals surface area contributed by atoms with Crippen molar-refractivity contribution in [2.45, 2.75) is 6.92 Å². The summed E-state index contributed by atoms with van der Waals surface area (Å²) in [4.78, 5) is 0. The second-order valence-electron chi connectivity index (χ2n) is 4.17. The van der Waals surface area contributed by atoms with Crippen molar-refractivity contribution in [3.63, 3.8) is 0 Å². The Morgan fingerprint density at radius 1 is 1.18 bits per heavy atom. The average Bonchev–Trinajstić information content (AvgIpc) is 2.78. The van der Waals surface area contributed by atoms with Gasteiger partial charge in [0.25, 0.3) is 0 Å². The number of benzene rings is 1. The van der Waals surface area contributed by atoms with Gasteiger partial charge in [-0.1, -0.05) is 36.4 Å². The van der Waals surface area contributed by atoms with E-state index in [1.807, 2.05) is 12.1 Å². The number of fused-ring (bicyclic) bond motifs is 1. The fourth-order valence-electron chi connectivity index (χ4n) is 1.92. The number of nitrogens with zero attached hydrogens (tertiary/aromatic N) is 2. The Hall–Kier alpha value is -2.29. The van der Waals surface area contributed by atoms with Crippen LogP contribution in [0.25, 0.3) is 11.4 Å². The number of hydrogen-bond acceptors (Lipinski definition) is 2. The first kappa shape index (κ1) is 9.90. The molecule has 2 aromatic rings. The maximum absolute atomic E-state index is 4.19. The molecule has 1 N–H and O–H groups in total.